The van der Waals surface area contributed by atoms with E-state index in [1.54, 1.807) is 6.92 Å². The Labute approximate surface area is 124 Å². The van der Waals surface area contributed by atoms with Crippen LogP contribution >= 0.6 is 0 Å². The van der Waals surface area contributed by atoms with Crippen molar-refractivity contribution in [1.82, 2.24) is 9.03 Å². The van der Waals surface area contributed by atoms with Crippen LogP contribution in [-0.2, 0) is 20.0 Å². The zero-order valence-corrected chi connectivity index (χ0v) is 14.4. The maximum atomic E-state index is 12.1. The van der Waals surface area contributed by atoms with Crippen LogP contribution in [0.3, 0.4) is 0 Å². The van der Waals surface area contributed by atoms with Crippen LogP contribution in [0.15, 0.2) is 0 Å². The first-order chi connectivity index (χ1) is 9.29. The normalized spacial score (nSPS) is 13.0. The van der Waals surface area contributed by atoms with Crippen LogP contribution < -0.4 is 4.72 Å². The van der Waals surface area contributed by atoms with Crippen molar-refractivity contribution in [3.8, 4) is 0 Å². The molecule has 0 aromatic rings. The number of nitrogens with zero attached hydrogens (tertiary/aromatic N) is 1. The van der Waals surface area contributed by atoms with Crippen molar-refractivity contribution in [2.75, 3.05) is 31.1 Å². The van der Waals surface area contributed by atoms with E-state index in [-0.39, 0.29) is 11.5 Å². The third kappa shape index (κ3) is 8.18. The van der Waals surface area contributed by atoms with Crippen molar-refractivity contribution in [3.05, 3.63) is 0 Å². The van der Waals surface area contributed by atoms with Crippen LogP contribution in [0.4, 0.5) is 0 Å². The summed E-state index contributed by atoms with van der Waals surface area (Å²) >= 11 is 0. The molecule has 0 atom stereocenters. The van der Waals surface area contributed by atoms with Crippen molar-refractivity contribution in [2.24, 2.45) is 0 Å². The molecule has 0 aromatic carbocycles. The zero-order valence-electron chi connectivity index (χ0n) is 12.8. The quantitative estimate of drug-likeness (QED) is 0.545. The average molecular weight is 328 g/mol. The molecule has 0 unspecified atom stereocenters. The van der Waals surface area contributed by atoms with Gasteiger partial charge in [-0.05, 0) is 25.7 Å². The lowest BCUT2D eigenvalue weighted by molar-refractivity contribution is 0.409. The fourth-order valence-electron chi connectivity index (χ4n) is 1.89. The molecule has 0 fully saturated rings. The summed E-state index contributed by atoms with van der Waals surface area (Å²) in [5, 5.41) is 0. The minimum atomic E-state index is -3.26. The van der Waals surface area contributed by atoms with Crippen molar-refractivity contribution < 1.29 is 16.8 Å². The molecule has 0 radical (unpaired) electrons. The SMILES string of the molecule is CCCN(CCC)S(=O)(=O)CCCCS(=O)(=O)NCC. The monoisotopic (exact) mass is 328 g/mol. The molecule has 0 rings (SSSR count). The molecule has 0 heterocycles. The summed E-state index contributed by atoms with van der Waals surface area (Å²) in [5.74, 6) is 0.00651. The van der Waals surface area contributed by atoms with Gasteiger partial charge in [0.2, 0.25) is 20.0 Å². The Morgan fingerprint density at radius 2 is 1.35 bits per heavy atom. The highest BCUT2D eigenvalue weighted by Gasteiger charge is 2.20. The number of nitrogens with one attached hydrogen (secondary N) is 1. The van der Waals surface area contributed by atoms with Crippen LogP contribution in [0.2, 0.25) is 0 Å². The third-order valence-electron chi connectivity index (χ3n) is 2.77. The van der Waals surface area contributed by atoms with Crippen LogP contribution in [-0.4, -0.2) is 52.3 Å². The van der Waals surface area contributed by atoms with Gasteiger partial charge in [-0.25, -0.2) is 25.9 Å². The predicted molar refractivity (Wildman–Crippen MR) is 82.6 cm³/mol. The molecule has 0 saturated heterocycles. The summed E-state index contributed by atoms with van der Waals surface area (Å²) in [6.07, 6.45) is 2.31. The van der Waals surface area contributed by atoms with Gasteiger partial charge in [0, 0.05) is 19.6 Å². The summed E-state index contributed by atoms with van der Waals surface area (Å²) in [7, 11) is -6.51. The van der Waals surface area contributed by atoms with Gasteiger partial charge < -0.3 is 0 Å². The van der Waals surface area contributed by atoms with Crippen LogP contribution in [0, 0.1) is 0 Å². The number of unbranched alkanes of at least 4 members (excludes halogenated alkanes) is 1. The van der Waals surface area contributed by atoms with Crippen molar-refractivity contribution >= 4 is 20.0 Å². The summed E-state index contributed by atoms with van der Waals surface area (Å²) in [6, 6.07) is 0. The number of rotatable bonds is 12. The van der Waals surface area contributed by atoms with E-state index in [9.17, 15) is 16.8 Å². The first kappa shape index (κ1) is 19.8. The van der Waals surface area contributed by atoms with Crippen molar-refractivity contribution in [2.45, 2.75) is 46.5 Å². The van der Waals surface area contributed by atoms with Gasteiger partial charge in [0.1, 0.15) is 0 Å². The molecule has 0 bridgehead atoms. The zero-order chi connectivity index (χ0) is 15.6. The molecular formula is C12H28N2O4S2. The van der Waals surface area contributed by atoms with Gasteiger partial charge in [-0.3, -0.25) is 0 Å². The lowest BCUT2D eigenvalue weighted by Gasteiger charge is -2.20. The smallest absolute Gasteiger partial charge is 0.214 e. The molecule has 0 aromatic heterocycles. The maximum absolute atomic E-state index is 12.1. The van der Waals surface area contributed by atoms with E-state index in [1.807, 2.05) is 13.8 Å². The second-order valence-corrected chi connectivity index (χ2v) is 8.75. The first-order valence-electron chi connectivity index (χ1n) is 7.24. The molecule has 0 amide bonds. The molecule has 0 aliphatic rings. The lowest BCUT2D eigenvalue weighted by Crippen LogP contribution is -2.34. The topological polar surface area (TPSA) is 83.6 Å². The molecule has 0 aliphatic heterocycles. The molecule has 122 valence electrons. The van der Waals surface area contributed by atoms with E-state index in [0.717, 1.165) is 12.8 Å². The van der Waals surface area contributed by atoms with E-state index in [2.05, 4.69) is 4.72 Å². The largest absolute Gasteiger partial charge is 0.216 e. The van der Waals surface area contributed by atoms with E-state index >= 15 is 0 Å². The highest BCUT2D eigenvalue weighted by molar-refractivity contribution is 7.89. The Bertz CT molecular complexity index is 440. The van der Waals surface area contributed by atoms with Crippen LogP contribution in [0.25, 0.3) is 0 Å². The Morgan fingerprint density at radius 3 is 1.80 bits per heavy atom. The Balaban J connectivity index is 4.28. The first-order valence-corrected chi connectivity index (χ1v) is 10.5. The number of sulfonamides is 2. The summed E-state index contributed by atoms with van der Waals surface area (Å²) in [6.45, 7) is 7.04. The molecule has 0 aliphatic carbocycles. The Hall–Kier alpha value is -0.180. The molecule has 0 saturated carbocycles. The highest BCUT2D eigenvalue weighted by Crippen LogP contribution is 2.07. The number of hydrogen-bond acceptors (Lipinski definition) is 4. The van der Waals surface area contributed by atoms with Gasteiger partial charge in [0.15, 0.2) is 0 Å². The summed E-state index contributed by atoms with van der Waals surface area (Å²) in [4.78, 5) is 0. The molecule has 0 spiro atoms. The maximum Gasteiger partial charge on any atom is 0.214 e. The Kier molecular flexibility index (Phi) is 9.61. The van der Waals surface area contributed by atoms with E-state index < -0.39 is 20.0 Å². The second kappa shape index (κ2) is 9.70. The van der Waals surface area contributed by atoms with Crippen molar-refractivity contribution in [3.63, 3.8) is 0 Å². The average Bonchev–Trinajstić information content (AvgIpc) is 2.34. The summed E-state index contributed by atoms with van der Waals surface area (Å²) < 4.78 is 51.0. The van der Waals surface area contributed by atoms with Gasteiger partial charge in [-0.15, -0.1) is 0 Å². The van der Waals surface area contributed by atoms with Crippen molar-refractivity contribution in [1.29, 1.82) is 0 Å². The second-order valence-electron chi connectivity index (χ2n) is 4.74. The van der Waals surface area contributed by atoms with Crippen LogP contribution in [0.5, 0.6) is 0 Å². The molecular weight excluding hydrogens is 300 g/mol. The molecule has 1 N–H and O–H groups in total. The number of hydrogen-bond donors (Lipinski definition) is 1. The van der Waals surface area contributed by atoms with E-state index in [1.165, 1.54) is 4.31 Å². The predicted octanol–water partition coefficient (Wildman–Crippen LogP) is 1.16. The summed E-state index contributed by atoms with van der Waals surface area (Å²) in [5.41, 5.74) is 0. The molecule has 8 heteroatoms. The van der Waals surface area contributed by atoms with Gasteiger partial charge >= 0.3 is 0 Å². The standard InChI is InChI=1S/C12H28N2O4S2/c1-4-9-14(10-5-2)20(17,18)12-8-7-11-19(15,16)13-6-3/h13H,4-12H2,1-3H3. The third-order valence-corrected chi connectivity index (χ3v) is 6.28. The van der Waals surface area contributed by atoms with Gasteiger partial charge in [0.05, 0.1) is 11.5 Å². The Morgan fingerprint density at radius 1 is 0.850 bits per heavy atom. The van der Waals surface area contributed by atoms with Gasteiger partial charge in [-0.1, -0.05) is 20.8 Å². The fraction of sp³-hybridized carbons (Fsp3) is 1.00. The molecule has 20 heavy (non-hydrogen) atoms. The van der Waals surface area contributed by atoms with E-state index in [0.29, 0.717) is 32.5 Å². The van der Waals surface area contributed by atoms with Gasteiger partial charge in [-0.2, -0.15) is 0 Å². The van der Waals surface area contributed by atoms with Gasteiger partial charge in [0.25, 0.3) is 0 Å². The minimum absolute atomic E-state index is 0.0160. The van der Waals surface area contributed by atoms with Crippen LogP contribution in [0.1, 0.15) is 46.5 Å². The molecule has 6 nitrogen and oxygen atoms in total. The lowest BCUT2D eigenvalue weighted by atomic mass is 10.4. The minimum Gasteiger partial charge on any atom is -0.216 e. The highest BCUT2D eigenvalue weighted by atomic mass is 32.2. The fourth-order valence-corrected chi connectivity index (χ4v) is 4.80. The van der Waals surface area contributed by atoms with E-state index in [4.69, 9.17) is 0 Å².